The highest BCUT2D eigenvalue weighted by atomic mass is 32.2. The SMILES string of the molecule is CCC(C#N)c1ccc2c(c1)SCC(=O)N2C. The topological polar surface area (TPSA) is 44.1 Å². The number of anilines is 1. The molecule has 1 atom stereocenters. The third kappa shape index (κ3) is 2.16. The summed E-state index contributed by atoms with van der Waals surface area (Å²) in [4.78, 5) is 14.3. The molecule has 0 aliphatic carbocycles. The van der Waals surface area contributed by atoms with E-state index in [9.17, 15) is 4.79 Å². The molecular weight excluding hydrogens is 232 g/mol. The highest BCUT2D eigenvalue weighted by Gasteiger charge is 2.22. The fraction of sp³-hybridized carbons (Fsp3) is 0.385. The van der Waals surface area contributed by atoms with Crippen molar-refractivity contribution in [1.82, 2.24) is 0 Å². The Labute approximate surface area is 105 Å². The molecule has 0 N–H and O–H groups in total. The Kier molecular flexibility index (Phi) is 3.39. The second kappa shape index (κ2) is 4.80. The van der Waals surface area contributed by atoms with Gasteiger partial charge in [0.2, 0.25) is 5.91 Å². The number of hydrogen-bond acceptors (Lipinski definition) is 3. The van der Waals surface area contributed by atoms with Crippen LogP contribution in [0.15, 0.2) is 23.1 Å². The smallest absolute Gasteiger partial charge is 0.237 e. The van der Waals surface area contributed by atoms with Gasteiger partial charge in [-0.1, -0.05) is 13.0 Å². The lowest BCUT2D eigenvalue weighted by molar-refractivity contribution is -0.116. The zero-order valence-electron chi connectivity index (χ0n) is 9.93. The summed E-state index contributed by atoms with van der Waals surface area (Å²) in [7, 11) is 1.79. The van der Waals surface area contributed by atoms with Crippen molar-refractivity contribution in [1.29, 1.82) is 5.26 Å². The fourth-order valence-corrected chi connectivity index (χ4v) is 2.96. The Hall–Kier alpha value is -1.47. The molecule has 0 bridgehead atoms. The van der Waals surface area contributed by atoms with Gasteiger partial charge in [0.25, 0.3) is 0 Å². The lowest BCUT2D eigenvalue weighted by atomic mass is 9.98. The van der Waals surface area contributed by atoms with Gasteiger partial charge in [-0.25, -0.2) is 0 Å². The monoisotopic (exact) mass is 246 g/mol. The zero-order valence-corrected chi connectivity index (χ0v) is 10.8. The maximum Gasteiger partial charge on any atom is 0.237 e. The van der Waals surface area contributed by atoms with Crippen LogP contribution in [0, 0.1) is 11.3 Å². The van der Waals surface area contributed by atoms with Crippen molar-refractivity contribution in [3.8, 4) is 6.07 Å². The van der Waals surface area contributed by atoms with E-state index >= 15 is 0 Å². The zero-order chi connectivity index (χ0) is 12.4. The first-order valence-electron chi connectivity index (χ1n) is 5.60. The number of nitriles is 1. The molecule has 4 heteroatoms. The van der Waals surface area contributed by atoms with Gasteiger partial charge in [0.15, 0.2) is 0 Å². The van der Waals surface area contributed by atoms with Crippen molar-refractivity contribution in [3.63, 3.8) is 0 Å². The molecular formula is C13H14N2OS. The first kappa shape index (κ1) is 12.0. The van der Waals surface area contributed by atoms with Crippen molar-refractivity contribution in [2.45, 2.75) is 24.2 Å². The van der Waals surface area contributed by atoms with Crippen LogP contribution >= 0.6 is 11.8 Å². The van der Waals surface area contributed by atoms with E-state index in [2.05, 4.69) is 6.07 Å². The second-order valence-electron chi connectivity index (χ2n) is 4.06. The number of hydrogen-bond donors (Lipinski definition) is 0. The standard InChI is InChI=1S/C13H14N2OS/c1-3-9(7-14)10-4-5-11-12(6-10)17-8-13(16)15(11)2/h4-6,9H,3,8H2,1-2H3. The molecule has 0 fully saturated rings. The summed E-state index contributed by atoms with van der Waals surface area (Å²) in [6, 6.07) is 8.24. The number of thioether (sulfide) groups is 1. The number of nitrogens with zero attached hydrogens (tertiary/aromatic N) is 2. The van der Waals surface area contributed by atoms with Gasteiger partial charge in [0.1, 0.15) is 0 Å². The number of carbonyl (C=O) groups is 1. The Morgan fingerprint density at radius 3 is 3.00 bits per heavy atom. The fourth-order valence-electron chi connectivity index (χ4n) is 1.91. The summed E-state index contributed by atoms with van der Waals surface area (Å²) in [5, 5.41) is 9.06. The maximum atomic E-state index is 11.5. The third-order valence-corrected chi connectivity index (χ3v) is 4.07. The van der Waals surface area contributed by atoms with Crippen LogP contribution in [-0.4, -0.2) is 18.7 Å². The normalized spacial score (nSPS) is 16.3. The Balaban J connectivity index is 2.39. The van der Waals surface area contributed by atoms with Crippen LogP contribution in [0.1, 0.15) is 24.8 Å². The van der Waals surface area contributed by atoms with Crippen molar-refractivity contribution in [3.05, 3.63) is 23.8 Å². The van der Waals surface area contributed by atoms with Crippen LogP contribution in [-0.2, 0) is 4.79 Å². The quantitative estimate of drug-likeness (QED) is 0.806. The van der Waals surface area contributed by atoms with Crippen LogP contribution in [0.3, 0.4) is 0 Å². The van der Waals surface area contributed by atoms with Gasteiger partial charge in [-0.15, -0.1) is 11.8 Å². The minimum atomic E-state index is -0.0520. The second-order valence-corrected chi connectivity index (χ2v) is 5.08. The molecule has 0 radical (unpaired) electrons. The number of carbonyl (C=O) groups excluding carboxylic acids is 1. The van der Waals surface area contributed by atoms with Crippen LogP contribution in [0.25, 0.3) is 0 Å². The minimum absolute atomic E-state index is 0.0520. The average molecular weight is 246 g/mol. The van der Waals surface area contributed by atoms with Gasteiger partial charge in [-0.3, -0.25) is 4.79 Å². The highest BCUT2D eigenvalue weighted by molar-refractivity contribution is 8.00. The van der Waals surface area contributed by atoms with Crippen LogP contribution in [0.5, 0.6) is 0 Å². The van der Waals surface area contributed by atoms with Crippen LogP contribution in [0.2, 0.25) is 0 Å². The van der Waals surface area contributed by atoms with E-state index in [1.807, 2.05) is 25.1 Å². The van der Waals surface area contributed by atoms with E-state index in [4.69, 9.17) is 5.26 Å². The number of benzene rings is 1. The predicted molar refractivity (Wildman–Crippen MR) is 69.2 cm³/mol. The predicted octanol–water partition coefficient (Wildman–Crippen LogP) is 2.77. The Morgan fingerprint density at radius 1 is 1.59 bits per heavy atom. The average Bonchev–Trinajstić information content (AvgIpc) is 2.35. The third-order valence-electron chi connectivity index (χ3n) is 3.04. The van der Waals surface area contributed by atoms with Crippen molar-refractivity contribution in [2.24, 2.45) is 0 Å². The van der Waals surface area contributed by atoms with Gasteiger partial charge in [-0.05, 0) is 24.1 Å². The molecule has 3 nitrogen and oxygen atoms in total. The van der Waals surface area contributed by atoms with E-state index < -0.39 is 0 Å². The van der Waals surface area contributed by atoms with E-state index in [1.54, 1.807) is 23.7 Å². The molecule has 1 unspecified atom stereocenters. The molecule has 2 rings (SSSR count). The Bertz CT molecular complexity index is 493. The number of amides is 1. The molecule has 0 saturated heterocycles. The number of rotatable bonds is 2. The van der Waals surface area contributed by atoms with E-state index in [-0.39, 0.29) is 11.8 Å². The van der Waals surface area contributed by atoms with Gasteiger partial charge < -0.3 is 4.90 Å². The van der Waals surface area contributed by atoms with E-state index in [0.717, 1.165) is 22.6 Å². The van der Waals surface area contributed by atoms with Crippen LogP contribution < -0.4 is 4.90 Å². The van der Waals surface area contributed by atoms with Gasteiger partial charge >= 0.3 is 0 Å². The lowest BCUT2D eigenvalue weighted by Gasteiger charge is -2.26. The first-order valence-corrected chi connectivity index (χ1v) is 6.58. The summed E-state index contributed by atoms with van der Waals surface area (Å²) in [5.41, 5.74) is 1.99. The minimum Gasteiger partial charge on any atom is -0.314 e. The molecule has 1 amide bonds. The van der Waals surface area contributed by atoms with Gasteiger partial charge in [-0.2, -0.15) is 5.26 Å². The molecule has 1 aliphatic rings. The molecule has 17 heavy (non-hydrogen) atoms. The summed E-state index contributed by atoms with van der Waals surface area (Å²) >= 11 is 1.55. The molecule has 1 heterocycles. The van der Waals surface area contributed by atoms with Gasteiger partial charge in [0, 0.05) is 11.9 Å². The summed E-state index contributed by atoms with van der Waals surface area (Å²) < 4.78 is 0. The van der Waals surface area contributed by atoms with Crippen LogP contribution in [0.4, 0.5) is 5.69 Å². The van der Waals surface area contributed by atoms with E-state index in [1.165, 1.54) is 0 Å². The van der Waals surface area contributed by atoms with Crippen molar-refractivity contribution >= 4 is 23.4 Å². The molecule has 0 aromatic heterocycles. The van der Waals surface area contributed by atoms with Crippen molar-refractivity contribution < 1.29 is 4.79 Å². The van der Waals surface area contributed by atoms with E-state index in [0.29, 0.717) is 5.75 Å². The number of fused-ring (bicyclic) bond motifs is 1. The molecule has 1 aliphatic heterocycles. The highest BCUT2D eigenvalue weighted by Crippen LogP contribution is 2.36. The van der Waals surface area contributed by atoms with Gasteiger partial charge in [0.05, 0.1) is 23.4 Å². The lowest BCUT2D eigenvalue weighted by Crippen LogP contribution is -2.31. The summed E-state index contributed by atoms with van der Waals surface area (Å²) in [6.07, 6.45) is 0.814. The summed E-state index contributed by atoms with van der Waals surface area (Å²) in [6.45, 7) is 2.01. The Morgan fingerprint density at radius 2 is 2.35 bits per heavy atom. The first-order chi connectivity index (χ1) is 8.17. The summed E-state index contributed by atoms with van der Waals surface area (Å²) in [5.74, 6) is 0.558. The molecule has 88 valence electrons. The molecule has 0 spiro atoms. The molecule has 0 saturated carbocycles. The maximum absolute atomic E-state index is 11.5. The molecule has 1 aromatic carbocycles. The molecule has 1 aromatic rings. The largest absolute Gasteiger partial charge is 0.314 e. The van der Waals surface area contributed by atoms with Crippen molar-refractivity contribution in [2.75, 3.05) is 17.7 Å².